The smallest absolute Gasteiger partial charge is 0.169 e. The standard InChI is InChI=1S/C19H17NO3S/c1-22-17-9-8-14(10-18(17)23-2)15-12-24-19(20-15)11-16(21)13-6-4-3-5-7-13/h3-10,12H,11H2,1-2H3. The van der Waals surface area contributed by atoms with Crippen LogP contribution in [0.2, 0.25) is 0 Å². The van der Waals surface area contributed by atoms with Crippen LogP contribution in [0.4, 0.5) is 0 Å². The number of carbonyl (C=O) groups is 1. The van der Waals surface area contributed by atoms with Crippen LogP contribution in [0, 0.1) is 0 Å². The molecule has 3 aromatic rings. The van der Waals surface area contributed by atoms with E-state index in [0.717, 1.165) is 16.3 Å². The second-order valence-corrected chi connectivity index (χ2v) is 6.10. The van der Waals surface area contributed by atoms with Crippen LogP contribution < -0.4 is 9.47 Å². The lowest BCUT2D eigenvalue weighted by Gasteiger charge is -2.08. The fourth-order valence-electron chi connectivity index (χ4n) is 2.38. The molecular formula is C19H17NO3S. The molecule has 0 fully saturated rings. The van der Waals surface area contributed by atoms with Crippen LogP contribution in [0.3, 0.4) is 0 Å². The molecule has 0 aliphatic carbocycles. The molecular weight excluding hydrogens is 322 g/mol. The number of Topliss-reactive ketones (excluding diaryl/α,β-unsaturated/α-hetero) is 1. The van der Waals surface area contributed by atoms with E-state index in [0.29, 0.717) is 23.5 Å². The van der Waals surface area contributed by atoms with E-state index < -0.39 is 0 Å². The minimum atomic E-state index is 0.0730. The van der Waals surface area contributed by atoms with Crippen molar-refractivity contribution in [2.75, 3.05) is 14.2 Å². The van der Waals surface area contributed by atoms with Gasteiger partial charge in [0.1, 0.15) is 5.01 Å². The second-order valence-electron chi connectivity index (χ2n) is 5.16. The molecule has 0 aliphatic heterocycles. The van der Waals surface area contributed by atoms with Crippen molar-refractivity contribution in [2.24, 2.45) is 0 Å². The summed E-state index contributed by atoms with van der Waals surface area (Å²) in [5.41, 5.74) is 2.47. The number of nitrogens with zero attached hydrogens (tertiary/aromatic N) is 1. The maximum Gasteiger partial charge on any atom is 0.169 e. The summed E-state index contributed by atoms with van der Waals surface area (Å²) in [6.45, 7) is 0. The Bertz CT molecular complexity index is 843. The Morgan fingerprint density at radius 2 is 1.79 bits per heavy atom. The summed E-state index contributed by atoms with van der Waals surface area (Å²) in [7, 11) is 3.21. The molecule has 0 atom stereocenters. The van der Waals surface area contributed by atoms with Gasteiger partial charge in [-0.1, -0.05) is 30.3 Å². The number of aromatic nitrogens is 1. The molecule has 0 aliphatic rings. The van der Waals surface area contributed by atoms with Crippen LogP contribution >= 0.6 is 11.3 Å². The molecule has 0 amide bonds. The number of carbonyl (C=O) groups excluding carboxylic acids is 1. The first-order chi connectivity index (χ1) is 11.7. The quantitative estimate of drug-likeness (QED) is 0.630. The highest BCUT2D eigenvalue weighted by atomic mass is 32.1. The van der Waals surface area contributed by atoms with Crippen LogP contribution in [0.15, 0.2) is 53.9 Å². The van der Waals surface area contributed by atoms with Crippen molar-refractivity contribution in [1.82, 2.24) is 4.98 Å². The lowest BCUT2D eigenvalue weighted by Crippen LogP contribution is -2.02. The van der Waals surface area contributed by atoms with Crippen molar-refractivity contribution in [2.45, 2.75) is 6.42 Å². The fraction of sp³-hybridized carbons (Fsp3) is 0.158. The van der Waals surface area contributed by atoms with E-state index in [9.17, 15) is 4.79 Å². The number of ketones is 1. The van der Waals surface area contributed by atoms with Crippen molar-refractivity contribution in [3.8, 4) is 22.8 Å². The zero-order valence-corrected chi connectivity index (χ0v) is 14.3. The van der Waals surface area contributed by atoms with Gasteiger partial charge in [0.2, 0.25) is 0 Å². The van der Waals surface area contributed by atoms with Crippen molar-refractivity contribution in [1.29, 1.82) is 0 Å². The third-order valence-corrected chi connectivity index (χ3v) is 4.49. The number of hydrogen-bond acceptors (Lipinski definition) is 5. The highest BCUT2D eigenvalue weighted by molar-refractivity contribution is 7.10. The highest BCUT2D eigenvalue weighted by Gasteiger charge is 2.12. The summed E-state index contributed by atoms with van der Waals surface area (Å²) in [6, 6.07) is 14.9. The van der Waals surface area contributed by atoms with E-state index in [4.69, 9.17) is 9.47 Å². The van der Waals surface area contributed by atoms with Gasteiger partial charge >= 0.3 is 0 Å². The SMILES string of the molecule is COc1ccc(-c2csc(CC(=O)c3ccccc3)n2)cc1OC. The van der Waals surface area contributed by atoms with Gasteiger partial charge in [-0.15, -0.1) is 11.3 Å². The predicted octanol–water partition coefficient (Wildman–Crippen LogP) is 4.25. The van der Waals surface area contributed by atoms with Crippen LogP contribution in [0.5, 0.6) is 11.5 Å². The lowest BCUT2D eigenvalue weighted by atomic mass is 10.1. The van der Waals surface area contributed by atoms with Crippen LogP contribution in [-0.4, -0.2) is 25.0 Å². The van der Waals surface area contributed by atoms with Gasteiger partial charge in [0.05, 0.1) is 26.3 Å². The molecule has 1 heterocycles. The van der Waals surface area contributed by atoms with Crippen molar-refractivity contribution < 1.29 is 14.3 Å². The lowest BCUT2D eigenvalue weighted by molar-refractivity contribution is 0.0993. The van der Waals surface area contributed by atoms with Crippen LogP contribution in [-0.2, 0) is 6.42 Å². The molecule has 2 aromatic carbocycles. The van der Waals surface area contributed by atoms with Crippen molar-refractivity contribution in [3.05, 3.63) is 64.5 Å². The number of ether oxygens (including phenoxy) is 2. The minimum Gasteiger partial charge on any atom is -0.493 e. The third kappa shape index (κ3) is 3.46. The van der Waals surface area contributed by atoms with Gasteiger partial charge in [0, 0.05) is 16.5 Å². The Balaban J connectivity index is 1.79. The molecule has 0 bridgehead atoms. The first-order valence-electron chi connectivity index (χ1n) is 7.46. The number of rotatable bonds is 6. The Kier molecular flexibility index (Phi) is 4.91. The second kappa shape index (κ2) is 7.27. The van der Waals surface area contributed by atoms with Gasteiger partial charge < -0.3 is 9.47 Å². The largest absolute Gasteiger partial charge is 0.493 e. The highest BCUT2D eigenvalue weighted by Crippen LogP contribution is 2.32. The van der Waals surface area contributed by atoms with Crippen LogP contribution in [0.1, 0.15) is 15.4 Å². The molecule has 0 N–H and O–H groups in total. The number of thiazole rings is 1. The number of benzene rings is 2. The van der Waals surface area contributed by atoms with Gasteiger partial charge in [-0.05, 0) is 18.2 Å². The zero-order valence-electron chi connectivity index (χ0n) is 13.5. The maximum absolute atomic E-state index is 12.3. The average Bonchev–Trinajstić information content (AvgIpc) is 3.10. The monoisotopic (exact) mass is 339 g/mol. The zero-order chi connectivity index (χ0) is 16.9. The molecule has 122 valence electrons. The minimum absolute atomic E-state index is 0.0730. The molecule has 3 rings (SSSR count). The Hall–Kier alpha value is -2.66. The fourth-order valence-corrected chi connectivity index (χ4v) is 3.19. The summed E-state index contributed by atoms with van der Waals surface area (Å²) in [6.07, 6.45) is 0.308. The summed E-state index contributed by atoms with van der Waals surface area (Å²) < 4.78 is 10.6. The van der Waals surface area contributed by atoms with E-state index in [1.807, 2.05) is 53.9 Å². The maximum atomic E-state index is 12.3. The predicted molar refractivity (Wildman–Crippen MR) is 95.1 cm³/mol. The van der Waals surface area contributed by atoms with Gasteiger partial charge in [-0.2, -0.15) is 0 Å². The van der Waals surface area contributed by atoms with Gasteiger partial charge in [-0.25, -0.2) is 4.98 Å². The molecule has 0 saturated heterocycles. The molecule has 5 heteroatoms. The summed E-state index contributed by atoms with van der Waals surface area (Å²) in [4.78, 5) is 16.9. The molecule has 4 nitrogen and oxygen atoms in total. The van der Waals surface area contributed by atoms with E-state index in [-0.39, 0.29) is 5.78 Å². The molecule has 1 aromatic heterocycles. The van der Waals surface area contributed by atoms with Crippen LogP contribution in [0.25, 0.3) is 11.3 Å². The average molecular weight is 339 g/mol. The first kappa shape index (κ1) is 16.2. The third-order valence-electron chi connectivity index (χ3n) is 3.64. The van der Waals surface area contributed by atoms with Gasteiger partial charge in [0.15, 0.2) is 17.3 Å². The first-order valence-corrected chi connectivity index (χ1v) is 8.34. The van der Waals surface area contributed by atoms with Crippen molar-refractivity contribution in [3.63, 3.8) is 0 Å². The van der Waals surface area contributed by atoms with Crippen molar-refractivity contribution >= 4 is 17.1 Å². The Labute approximate surface area is 144 Å². The van der Waals surface area contributed by atoms with E-state index in [2.05, 4.69) is 4.98 Å². The molecule has 0 unspecified atom stereocenters. The molecule has 0 saturated carbocycles. The molecule has 24 heavy (non-hydrogen) atoms. The summed E-state index contributed by atoms with van der Waals surface area (Å²) >= 11 is 1.49. The van der Waals surface area contributed by atoms with Gasteiger partial charge in [-0.3, -0.25) is 4.79 Å². The van der Waals surface area contributed by atoms with E-state index in [1.165, 1.54) is 11.3 Å². The summed E-state index contributed by atoms with van der Waals surface area (Å²) in [5, 5.41) is 2.75. The molecule has 0 radical (unpaired) electrons. The normalized spacial score (nSPS) is 10.4. The molecule has 0 spiro atoms. The van der Waals surface area contributed by atoms with E-state index >= 15 is 0 Å². The van der Waals surface area contributed by atoms with Gasteiger partial charge in [0.25, 0.3) is 0 Å². The van der Waals surface area contributed by atoms with E-state index in [1.54, 1.807) is 14.2 Å². The topological polar surface area (TPSA) is 48.4 Å². The number of methoxy groups -OCH3 is 2. The summed E-state index contributed by atoms with van der Waals surface area (Å²) in [5.74, 6) is 1.41. The Morgan fingerprint density at radius 1 is 1.04 bits per heavy atom. The number of hydrogen-bond donors (Lipinski definition) is 0. The Morgan fingerprint density at radius 3 is 2.50 bits per heavy atom.